The second-order valence-electron chi connectivity index (χ2n) is 7.26. The minimum atomic E-state index is -0.449. The molecule has 1 N–H and O–H groups in total. The van der Waals surface area contributed by atoms with Gasteiger partial charge in [-0.05, 0) is 25.0 Å². The second-order valence-corrected chi connectivity index (χ2v) is 7.26. The van der Waals surface area contributed by atoms with E-state index in [1.807, 2.05) is 26.0 Å². The molecule has 0 saturated carbocycles. The normalized spacial score (nSPS) is 22.8. The molecule has 3 nitrogen and oxygen atoms in total. The Kier molecular flexibility index (Phi) is 5.34. The van der Waals surface area contributed by atoms with Crippen LogP contribution < -0.4 is 0 Å². The maximum Gasteiger partial charge on any atom is 0.0888 e. The fraction of sp³-hybridized carbons (Fsp3) is 0.429. The Bertz CT molecular complexity index is 585. The van der Waals surface area contributed by atoms with E-state index in [9.17, 15) is 5.11 Å². The minimum absolute atomic E-state index is 0.146. The van der Waals surface area contributed by atoms with Crippen molar-refractivity contribution in [1.82, 2.24) is 4.90 Å². The molecule has 2 aromatic rings. The number of benzene rings is 2. The van der Waals surface area contributed by atoms with E-state index in [1.54, 1.807) is 0 Å². The topological polar surface area (TPSA) is 32.7 Å². The van der Waals surface area contributed by atoms with Crippen molar-refractivity contribution in [2.75, 3.05) is 13.2 Å². The number of ether oxygens (including phenoxy) is 1. The van der Waals surface area contributed by atoms with Gasteiger partial charge in [0.15, 0.2) is 0 Å². The van der Waals surface area contributed by atoms with Gasteiger partial charge in [-0.25, -0.2) is 0 Å². The van der Waals surface area contributed by atoms with Crippen LogP contribution in [0.1, 0.15) is 25.0 Å². The van der Waals surface area contributed by atoms with Crippen LogP contribution >= 0.6 is 0 Å². The lowest BCUT2D eigenvalue weighted by atomic mass is 9.93. The zero-order valence-electron chi connectivity index (χ0n) is 14.6. The van der Waals surface area contributed by atoms with E-state index >= 15 is 0 Å². The molecule has 24 heavy (non-hydrogen) atoms. The Morgan fingerprint density at radius 1 is 0.958 bits per heavy atom. The molecule has 2 aromatic carbocycles. The van der Waals surface area contributed by atoms with Crippen molar-refractivity contribution < 1.29 is 9.84 Å². The Hall–Kier alpha value is -1.68. The predicted octanol–water partition coefficient (Wildman–Crippen LogP) is 3.47. The number of hydrogen-bond acceptors (Lipinski definition) is 3. The smallest absolute Gasteiger partial charge is 0.0888 e. The van der Waals surface area contributed by atoms with Crippen LogP contribution in [0.5, 0.6) is 0 Å². The van der Waals surface area contributed by atoms with Gasteiger partial charge in [0.2, 0.25) is 0 Å². The summed E-state index contributed by atoms with van der Waals surface area (Å²) in [5.74, 6) is 0.146. The first-order valence-corrected chi connectivity index (χ1v) is 8.67. The van der Waals surface area contributed by atoms with Crippen LogP contribution in [0.2, 0.25) is 0 Å². The SMILES string of the molecule is CC1(C)OCC(CN(Cc2ccccc2)Cc2ccccc2)C1O. The molecule has 0 aliphatic carbocycles. The third-order valence-electron chi connectivity index (χ3n) is 4.82. The number of rotatable bonds is 6. The van der Waals surface area contributed by atoms with Crippen molar-refractivity contribution in [3.05, 3.63) is 71.8 Å². The van der Waals surface area contributed by atoms with Crippen LogP contribution in [-0.2, 0) is 17.8 Å². The van der Waals surface area contributed by atoms with Gasteiger partial charge in [-0.3, -0.25) is 4.90 Å². The molecule has 2 unspecified atom stereocenters. The molecule has 3 rings (SSSR count). The van der Waals surface area contributed by atoms with Gasteiger partial charge in [0.25, 0.3) is 0 Å². The highest BCUT2D eigenvalue weighted by Gasteiger charge is 2.42. The molecule has 1 heterocycles. The number of aliphatic hydroxyl groups excluding tert-OH is 1. The maximum atomic E-state index is 10.5. The van der Waals surface area contributed by atoms with Gasteiger partial charge in [-0.2, -0.15) is 0 Å². The monoisotopic (exact) mass is 325 g/mol. The molecule has 3 heteroatoms. The number of nitrogens with zero attached hydrogens (tertiary/aromatic N) is 1. The van der Waals surface area contributed by atoms with Crippen molar-refractivity contribution in [2.45, 2.75) is 38.6 Å². The first kappa shape index (κ1) is 17.2. The first-order valence-electron chi connectivity index (χ1n) is 8.67. The average molecular weight is 325 g/mol. The van der Waals surface area contributed by atoms with Crippen molar-refractivity contribution in [3.8, 4) is 0 Å². The molecule has 1 aliphatic rings. The highest BCUT2D eigenvalue weighted by molar-refractivity contribution is 5.17. The molecule has 0 radical (unpaired) electrons. The highest BCUT2D eigenvalue weighted by atomic mass is 16.5. The standard InChI is InChI=1S/C21H27NO2/c1-21(2)20(23)19(16-24-21)15-22(13-17-9-5-3-6-10-17)14-18-11-7-4-8-12-18/h3-12,19-20,23H,13-16H2,1-2H3. The molecular formula is C21H27NO2. The van der Waals surface area contributed by atoms with E-state index < -0.39 is 11.7 Å². The van der Waals surface area contributed by atoms with E-state index in [4.69, 9.17) is 4.74 Å². The Labute approximate surface area is 144 Å². The second kappa shape index (κ2) is 7.47. The fourth-order valence-corrected chi connectivity index (χ4v) is 3.42. The molecule has 2 atom stereocenters. The van der Waals surface area contributed by atoms with Gasteiger partial charge in [-0.1, -0.05) is 60.7 Å². The largest absolute Gasteiger partial charge is 0.390 e. The summed E-state index contributed by atoms with van der Waals surface area (Å²) in [6, 6.07) is 21.0. The van der Waals surface area contributed by atoms with E-state index in [-0.39, 0.29) is 5.92 Å². The molecule has 0 amide bonds. The Balaban J connectivity index is 1.72. The van der Waals surface area contributed by atoms with Gasteiger partial charge in [0, 0.05) is 25.6 Å². The number of hydrogen-bond donors (Lipinski definition) is 1. The molecule has 0 spiro atoms. The molecule has 1 saturated heterocycles. The summed E-state index contributed by atoms with van der Waals surface area (Å²) in [6.07, 6.45) is -0.424. The van der Waals surface area contributed by atoms with Crippen LogP contribution in [-0.4, -0.2) is 34.9 Å². The van der Waals surface area contributed by atoms with Gasteiger partial charge in [-0.15, -0.1) is 0 Å². The van der Waals surface area contributed by atoms with Crippen molar-refractivity contribution in [1.29, 1.82) is 0 Å². The lowest BCUT2D eigenvalue weighted by Gasteiger charge is -2.29. The van der Waals surface area contributed by atoms with Crippen molar-refractivity contribution in [3.63, 3.8) is 0 Å². The summed E-state index contributed by atoms with van der Waals surface area (Å²) in [5.41, 5.74) is 2.14. The van der Waals surface area contributed by atoms with E-state index in [2.05, 4.69) is 53.4 Å². The zero-order valence-corrected chi connectivity index (χ0v) is 14.6. The van der Waals surface area contributed by atoms with E-state index in [0.717, 1.165) is 19.6 Å². The minimum Gasteiger partial charge on any atom is -0.390 e. The van der Waals surface area contributed by atoms with E-state index in [0.29, 0.717) is 6.61 Å². The Morgan fingerprint density at radius 2 is 1.46 bits per heavy atom. The fourth-order valence-electron chi connectivity index (χ4n) is 3.42. The molecule has 1 fully saturated rings. The third kappa shape index (κ3) is 4.23. The predicted molar refractivity (Wildman–Crippen MR) is 96.5 cm³/mol. The van der Waals surface area contributed by atoms with Crippen LogP contribution in [0.3, 0.4) is 0 Å². The summed E-state index contributed by atoms with van der Waals surface area (Å²) in [5, 5.41) is 10.5. The summed E-state index contributed by atoms with van der Waals surface area (Å²) in [4.78, 5) is 2.41. The van der Waals surface area contributed by atoms with Gasteiger partial charge >= 0.3 is 0 Å². The lowest BCUT2D eigenvalue weighted by molar-refractivity contribution is -0.0322. The number of aliphatic hydroxyl groups is 1. The summed E-state index contributed by atoms with van der Waals surface area (Å²) < 4.78 is 5.79. The van der Waals surface area contributed by atoms with Crippen molar-refractivity contribution >= 4 is 0 Å². The van der Waals surface area contributed by atoms with Gasteiger partial charge < -0.3 is 9.84 Å². The van der Waals surface area contributed by atoms with Crippen LogP contribution in [0.15, 0.2) is 60.7 Å². The van der Waals surface area contributed by atoms with E-state index in [1.165, 1.54) is 11.1 Å². The average Bonchev–Trinajstić information content (AvgIpc) is 2.84. The maximum absolute atomic E-state index is 10.5. The lowest BCUT2D eigenvalue weighted by Crippen LogP contribution is -2.40. The molecule has 0 bridgehead atoms. The zero-order chi connectivity index (χ0) is 17.0. The third-order valence-corrected chi connectivity index (χ3v) is 4.82. The van der Waals surface area contributed by atoms with Crippen LogP contribution in [0, 0.1) is 5.92 Å². The van der Waals surface area contributed by atoms with Gasteiger partial charge in [0.1, 0.15) is 0 Å². The summed E-state index contributed by atoms with van der Waals surface area (Å²) >= 11 is 0. The first-order chi connectivity index (χ1) is 11.5. The Morgan fingerprint density at radius 3 is 1.88 bits per heavy atom. The van der Waals surface area contributed by atoms with Crippen LogP contribution in [0.25, 0.3) is 0 Å². The molecule has 1 aliphatic heterocycles. The summed E-state index contributed by atoms with van der Waals surface area (Å²) in [7, 11) is 0. The quantitative estimate of drug-likeness (QED) is 0.883. The molecular weight excluding hydrogens is 298 g/mol. The molecule has 128 valence electrons. The van der Waals surface area contributed by atoms with Crippen molar-refractivity contribution in [2.24, 2.45) is 5.92 Å². The summed E-state index contributed by atoms with van der Waals surface area (Å²) in [6.45, 7) is 7.13. The van der Waals surface area contributed by atoms with Crippen LogP contribution in [0.4, 0.5) is 0 Å². The molecule has 0 aromatic heterocycles. The highest BCUT2D eigenvalue weighted by Crippen LogP contribution is 2.31. The van der Waals surface area contributed by atoms with Gasteiger partial charge in [0.05, 0.1) is 18.3 Å².